The van der Waals surface area contributed by atoms with Gasteiger partial charge in [0.15, 0.2) is 0 Å². The zero-order valence-corrected chi connectivity index (χ0v) is 11.1. The second-order valence-corrected chi connectivity index (χ2v) is 6.69. The van der Waals surface area contributed by atoms with Crippen LogP contribution in [0.25, 0.3) is 0 Å². The van der Waals surface area contributed by atoms with Crippen LogP contribution in [0.15, 0.2) is 17.5 Å². The third kappa shape index (κ3) is 3.08. The summed E-state index contributed by atoms with van der Waals surface area (Å²) in [6, 6.07) is 4.26. The van der Waals surface area contributed by atoms with E-state index in [9.17, 15) is 5.11 Å². The van der Waals surface area contributed by atoms with Gasteiger partial charge in [-0.2, -0.15) is 0 Å². The van der Waals surface area contributed by atoms with Gasteiger partial charge >= 0.3 is 0 Å². The predicted molar refractivity (Wildman–Crippen MR) is 69.8 cm³/mol. The second-order valence-electron chi connectivity index (χ2n) is 5.66. The minimum absolute atomic E-state index is 0.402. The van der Waals surface area contributed by atoms with Gasteiger partial charge in [-0.1, -0.05) is 19.9 Å². The van der Waals surface area contributed by atoms with Crippen LogP contribution >= 0.6 is 11.3 Å². The van der Waals surface area contributed by atoms with Crippen molar-refractivity contribution >= 4 is 11.3 Å². The Kier molecular flexibility index (Phi) is 3.70. The smallest absolute Gasteiger partial charge is 0.0656 e. The molecular weight excluding hydrogens is 216 g/mol. The average molecular weight is 238 g/mol. The fourth-order valence-corrected chi connectivity index (χ4v) is 3.96. The molecule has 2 heteroatoms. The topological polar surface area (TPSA) is 20.2 Å². The maximum Gasteiger partial charge on any atom is 0.0656 e. The van der Waals surface area contributed by atoms with E-state index in [2.05, 4.69) is 31.4 Å². The molecule has 1 nitrogen and oxygen atoms in total. The van der Waals surface area contributed by atoms with E-state index in [-0.39, 0.29) is 0 Å². The molecule has 0 bridgehead atoms. The standard InChI is InChI=1S/C14H22OS/c1-11-8-12(2)10-14(15,9-11)6-5-13-4-3-7-16-13/h3-4,7,11-12,15H,5-6,8-10H2,1-2H3. The maximum absolute atomic E-state index is 10.6. The second kappa shape index (κ2) is 4.89. The van der Waals surface area contributed by atoms with Crippen LogP contribution in [0, 0.1) is 11.8 Å². The van der Waals surface area contributed by atoms with Gasteiger partial charge in [-0.25, -0.2) is 0 Å². The molecule has 90 valence electrons. The quantitative estimate of drug-likeness (QED) is 0.847. The lowest BCUT2D eigenvalue weighted by molar-refractivity contribution is -0.0371. The normalized spacial score (nSPS) is 35.2. The zero-order valence-electron chi connectivity index (χ0n) is 10.3. The Morgan fingerprint density at radius 3 is 2.62 bits per heavy atom. The lowest BCUT2D eigenvalue weighted by Crippen LogP contribution is -2.38. The average Bonchev–Trinajstić information content (AvgIpc) is 2.64. The molecule has 1 saturated carbocycles. The molecule has 1 aromatic heterocycles. The summed E-state index contributed by atoms with van der Waals surface area (Å²) in [5, 5.41) is 12.7. The number of rotatable bonds is 3. The Morgan fingerprint density at radius 2 is 2.06 bits per heavy atom. The van der Waals surface area contributed by atoms with Crippen molar-refractivity contribution in [3.63, 3.8) is 0 Å². The van der Waals surface area contributed by atoms with Crippen molar-refractivity contribution in [1.29, 1.82) is 0 Å². The molecule has 0 amide bonds. The van der Waals surface area contributed by atoms with Crippen molar-refractivity contribution < 1.29 is 5.11 Å². The molecule has 0 aliphatic heterocycles. The molecule has 1 fully saturated rings. The summed E-state index contributed by atoms with van der Waals surface area (Å²) in [6.45, 7) is 4.54. The summed E-state index contributed by atoms with van der Waals surface area (Å²) in [6.07, 6.45) is 5.22. The van der Waals surface area contributed by atoms with Crippen LogP contribution in [0.2, 0.25) is 0 Å². The molecule has 2 unspecified atom stereocenters. The van der Waals surface area contributed by atoms with Crippen LogP contribution < -0.4 is 0 Å². The number of hydrogen-bond donors (Lipinski definition) is 1. The Balaban J connectivity index is 1.91. The van der Waals surface area contributed by atoms with E-state index >= 15 is 0 Å². The van der Waals surface area contributed by atoms with Crippen molar-refractivity contribution in [2.24, 2.45) is 11.8 Å². The van der Waals surface area contributed by atoms with E-state index in [4.69, 9.17) is 0 Å². The fraction of sp³-hybridized carbons (Fsp3) is 0.714. The first kappa shape index (κ1) is 12.1. The highest BCUT2D eigenvalue weighted by Crippen LogP contribution is 2.38. The van der Waals surface area contributed by atoms with Gasteiger partial charge in [0.1, 0.15) is 0 Å². The molecule has 0 radical (unpaired) electrons. The maximum atomic E-state index is 10.6. The van der Waals surface area contributed by atoms with Gasteiger partial charge in [-0.3, -0.25) is 0 Å². The van der Waals surface area contributed by atoms with Crippen LogP contribution in [-0.2, 0) is 6.42 Å². The monoisotopic (exact) mass is 238 g/mol. The van der Waals surface area contributed by atoms with Crippen molar-refractivity contribution in [2.75, 3.05) is 0 Å². The van der Waals surface area contributed by atoms with Crippen LogP contribution in [0.1, 0.15) is 44.4 Å². The van der Waals surface area contributed by atoms with E-state index in [1.807, 2.05) is 0 Å². The fourth-order valence-electron chi connectivity index (χ4n) is 3.25. The molecule has 1 N–H and O–H groups in total. The SMILES string of the molecule is CC1CC(C)CC(O)(CCc2cccs2)C1. The summed E-state index contributed by atoms with van der Waals surface area (Å²) in [7, 11) is 0. The van der Waals surface area contributed by atoms with Gasteiger partial charge in [-0.05, 0) is 55.4 Å². The first-order valence-electron chi connectivity index (χ1n) is 6.32. The number of thiophene rings is 1. The molecule has 0 saturated heterocycles. The predicted octanol–water partition coefficient (Wildman–Crippen LogP) is 3.87. The highest BCUT2D eigenvalue weighted by atomic mass is 32.1. The molecule has 2 rings (SSSR count). The number of hydrogen-bond acceptors (Lipinski definition) is 2. The summed E-state index contributed by atoms with van der Waals surface area (Å²) in [4.78, 5) is 1.40. The van der Waals surface area contributed by atoms with Crippen molar-refractivity contribution in [2.45, 2.75) is 51.6 Å². The molecule has 1 heterocycles. The van der Waals surface area contributed by atoms with E-state index < -0.39 is 5.60 Å². The highest BCUT2D eigenvalue weighted by Gasteiger charge is 2.35. The van der Waals surface area contributed by atoms with E-state index in [0.29, 0.717) is 11.8 Å². The molecule has 1 aliphatic rings. The number of aryl methyl sites for hydroxylation is 1. The first-order chi connectivity index (χ1) is 7.57. The third-order valence-electron chi connectivity index (χ3n) is 3.68. The van der Waals surface area contributed by atoms with Crippen LogP contribution in [-0.4, -0.2) is 10.7 Å². The lowest BCUT2D eigenvalue weighted by atomic mass is 9.72. The molecule has 0 spiro atoms. The van der Waals surface area contributed by atoms with Crippen molar-refractivity contribution in [3.8, 4) is 0 Å². The zero-order chi connectivity index (χ0) is 11.6. The largest absolute Gasteiger partial charge is 0.390 e. The van der Waals surface area contributed by atoms with E-state index in [0.717, 1.165) is 25.7 Å². The van der Waals surface area contributed by atoms with Gasteiger partial charge in [-0.15, -0.1) is 11.3 Å². The van der Waals surface area contributed by atoms with Gasteiger partial charge in [0.2, 0.25) is 0 Å². The minimum atomic E-state index is -0.402. The highest BCUT2D eigenvalue weighted by molar-refractivity contribution is 7.09. The van der Waals surface area contributed by atoms with Crippen LogP contribution in [0.3, 0.4) is 0 Å². The van der Waals surface area contributed by atoms with Crippen LogP contribution in [0.5, 0.6) is 0 Å². The number of aliphatic hydroxyl groups is 1. The van der Waals surface area contributed by atoms with Crippen LogP contribution in [0.4, 0.5) is 0 Å². The molecule has 2 atom stereocenters. The minimum Gasteiger partial charge on any atom is -0.390 e. The third-order valence-corrected chi connectivity index (χ3v) is 4.61. The Bertz CT molecular complexity index is 307. The van der Waals surface area contributed by atoms with E-state index in [1.165, 1.54) is 11.3 Å². The van der Waals surface area contributed by atoms with Gasteiger partial charge < -0.3 is 5.11 Å². The summed E-state index contributed by atoms with van der Waals surface area (Å²) in [5.74, 6) is 1.36. The molecule has 0 aromatic carbocycles. The van der Waals surface area contributed by atoms with E-state index in [1.54, 1.807) is 11.3 Å². The molecule has 1 aliphatic carbocycles. The van der Waals surface area contributed by atoms with Gasteiger partial charge in [0, 0.05) is 4.88 Å². The van der Waals surface area contributed by atoms with Crippen molar-refractivity contribution in [1.82, 2.24) is 0 Å². The molecule has 16 heavy (non-hydrogen) atoms. The molecular formula is C14H22OS. The Morgan fingerprint density at radius 1 is 1.38 bits per heavy atom. The Hall–Kier alpha value is -0.340. The summed E-state index contributed by atoms with van der Waals surface area (Å²) >= 11 is 1.80. The molecule has 1 aromatic rings. The Labute approximate surface area is 103 Å². The van der Waals surface area contributed by atoms with Gasteiger partial charge in [0.25, 0.3) is 0 Å². The van der Waals surface area contributed by atoms with Gasteiger partial charge in [0.05, 0.1) is 5.60 Å². The summed E-state index contributed by atoms with van der Waals surface area (Å²) < 4.78 is 0. The van der Waals surface area contributed by atoms with Crippen molar-refractivity contribution in [3.05, 3.63) is 22.4 Å². The summed E-state index contributed by atoms with van der Waals surface area (Å²) in [5.41, 5.74) is -0.402. The lowest BCUT2D eigenvalue weighted by Gasteiger charge is -2.39. The first-order valence-corrected chi connectivity index (χ1v) is 7.20.